The number of hydrogen-bond acceptors (Lipinski definition) is 2. The van der Waals surface area contributed by atoms with Crippen molar-refractivity contribution in [1.29, 1.82) is 0 Å². The Balaban J connectivity index is 2.29. The minimum atomic E-state index is 0.0597. The van der Waals surface area contributed by atoms with Gasteiger partial charge in [-0.15, -0.1) is 0 Å². The van der Waals surface area contributed by atoms with Crippen molar-refractivity contribution in [2.75, 3.05) is 6.54 Å². The van der Waals surface area contributed by atoms with Crippen molar-refractivity contribution in [1.82, 2.24) is 4.57 Å². The summed E-state index contributed by atoms with van der Waals surface area (Å²) < 4.78 is 1.96. The molecule has 0 bridgehead atoms. The number of aromatic nitrogens is 1. The average molecular weight is 228 g/mol. The van der Waals surface area contributed by atoms with Crippen LogP contribution in [0.15, 0.2) is 42.6 Å². The van der Waals surface area contributed by atoms with Gasteiger partial charge in [0.1, 0.15) is 0 Å². The maximum Gasteiger partial charge on any atom is 0.194 e. The molecule has 1 aromatic heterocycles. The van der Waals surface area contributed by atoms with E-state index in [9.17, 15) is 4.79 Å². The molecule has 0 aliphatic heterocycles. The summed E-state index contributed by atoms with van der Waals surface area (Å²) in [6.07, 6.45) is 2.65. The summed E-state index contributed by atoms with van der Waals surface area (Å²) in [4.78, 5) is 12.2. The number of nitrogens with two attached hydrogens (primary N) is 1. The molecule has 0 aliphatic carbocycles. The zero-order valence-corrected chi connectivity index (χ0v) is 9.89. The summed E-state index contributed by atoms with van der Waals surface area (Å²) in [7, 11) is 1.94. The Morgan fingerprint density at radius 2 is 1.94 bits per heavy atom. The Labute approximate surface area is 101 Å². The first-order chi connectivity index (χ1) is 8.22. The zero-order chi connectivity index (χ0) is 12.3. The molecular weight excluding hydrogens is 212 g/mol. The number of ketones is 1. The molecule has 0 saturated carbocycles. The van der Waals surface area contributed by atoms with Crippen LogP contribution < -0.4 is 5.73 Å². The van der Waals surface area contributed by atoms with Crippen molar-refractivity contribution >= 4 is 5.78 Å². The smallest absolute Gasteiger partial charge is 0.194 e. The Morgan fingerprint density at radius 1 is 1.24 bits per heavy atom. The largest absolute Gasteiger partial charge is 0.354 e. The molecule has 0 unspecified atom stereocenters. The molecule has 1 heterocycles. The number of carbonyl (C=O) groups is 1. The van der Waals surface area contributed by atoms with Crippen LogP contribution in [-0.4, -0.2) is 16.9 Å². The third-order valence-corrected chi connectivity index (χ3v) is 2.81. The van der Waals surface area contributed by atoms with Gasteiger partial charge in [-0.1, -0.05) is 30.3 Å². The SMILES string of the molecule is Cn1cc(C(=O)c2ccccc2)cc1CCN. The third kappa shape index (κ3) is 2.45. The first-order valence-corrected chi connectivity index (χ1v) is 5.67. The van der Waals surface area contributed by atoms with Crippen LogP contribution >= 0.6 is 0 Å². The summed E-state index contributed by atoms with van der Waals surface area (Å²) in [5.41, 5.74) is 8.06. The molecule has 0 atom stereocenters. The van der Waals surface area contributed by atoms with E-state index in [0.29, 0.717) is 6.54 Å². The lowest BCUT2D eigenvalue weighted by Gasteiger charge is -1.98. The fourth-order valence-corrected chi connectivity index (χ4v) is 1.89. The molecule has 1 aromatic carbocycles. The van der Waals surface area contributed by atoms with Gasteiger partial charge in [0.15, 0.2) is 5.78 Å². The summed E-state index contributed by atoms with van der Waals surface area (Å²) in [5.74, 6) is 0.0597. The average Bonchev–Trinajstić information content (AvgIpc) is 2.72. The van der Waals surface area contributed by atoms with Gasteiger partial charge in [-0.05, 0) is 19.0 Å². The summed E-state index contributed by atoms with van der Waals surface area (Å²) >= 11 is 0. The first-order valence-electron chi connectivity index (χ1n) is 5.67. The predicted molar refractivity (Wildman–Crippen MR) is 68.0 cm³/mol. The van der Waals surface area contributed by atoms with Gasteiger partial charge < -0.3 is 10.3 Å². The Kier molecular flexibility index (Phi) is 3.40. The zero-order valence-electron chi connectivity index (χ0n) is 9.89. The van der Waals surface area contributed by atoms with Crippen LogP contribution in [0.5, 0.6) is 0 Å². The van der Waals surface area contributed by atoms with Crippen molar-refractivity contribution in [2.24, 2.45) is 12.8 Å². The number of rotatable bonds is 4. The summed E-state index contributed by atoms with van der Waals surface area (Å²) in [6, 6.07) is 11.2. The van der Waals surface area contributed by atoms with Crippen LogP contribution in [-0.2, 0) is 13.5 Å². The quantitative estimate of drug-likeness (QED) is 0.810. The van der Waals surface area contributed by atoms with E-state index < -0.39 is 0 Å². The van der Waals surface area contributed by atoms with E-state index in [1.807, 2.05) is 54.2 Å². The van der Waals surface area contributed by atoms with E-state index in [1.165, 1.54) is 0 Å². The van der Waals surface area contributed by atoms with E-state index >= 15 is 0 Å². The standard InChI is InChI=1S/C14H16N2O/c1-16-10-12(9-13(16)7-8-15)14(17)11-5-3-2-4-6-11/h2-6,9-10H,7-8,15H2,1H3. The topological polar surface area (TPSA) is 48.0 Å². The highest BCUT2D eigenvalue weighted by atomic mass is 16.1. The second-order valence-corrected chi connectivity index (χ2v) is 4.06. The van der Waals surface area contributed by atoms with Crippen molar-refractivity contribution in [3.05, 3.63) is 59.4 Å². The highest BCUT2D eigenvalue weighted by molar-refractivity contribution is 6.09. The molecule has 88 valence electrons. The molecule has 3 heteroatoms. The van der Waals surface area contributed by atoms with Gasteiger partial charge in [-0.25, -0.2) is 0 Å². The number of hydrogen-bond donors (Lipinski definition) is 1. The third-order valence-electron chi connectivity index (χ3n) is 2.81. The van der Waals surface area contributed by atoms with Crippen molar-refractivity contribution in [3.63, 3.8) is 0 Å². The highest BCUT2D eigenvalue weighted by Crippen LogP contribution is 2.13. The Hall–Kier alpha value is -1.87. The number of aryl methyl sites for hydroxylation is 1. The van der Waals surface area contributed by atoms with Gasteiger partial charge in [0.2, 0.25) is 0 Å². The molecule has 3 nitrogen and oxygen atoms in total. The van der Waals surface area contributed by atoms with Crippen LogP contribution in [0.2, 0.25) is 0 Å². The van der Waals surface area contributed by atoms with E-state index in [1.54, 1.807) is 0 Å². The molecular formula is C14H16N2O. The van der Waals surface area contributed by atoms with Crippen molar-refractivity contribution in [2.45, 2.75) is 6.42 Å². The second kappa shape index (κ2) is 4.97. The second-order valence-electron chi connectivity index (χ2n) is 4.06. The summed E-state index contributed by atoms with van der Waals surface area (Å²) in [6.45, 7) is 0.594. The van der Waals surface area contributed by atoms with Gasteiger partial charge in [-0.2, -0.15) is 0 Å². The maximum absolute atomic E-state index is 12.2. The molecule has 0 saturated heterocycles. The fraction of sp³-hybridized carbons (Fsp3) is 0.214. The lowest BCUT2D eigenvalue weighted by atomic mass is 10.1. The lowest BCUT2D eigenvalue weighted by molar-refractivity contribution is 0.103. The van der Waals surface area contributed by atoms with Crippen LogP contribution in [0.3, 0.4) is 0 Å². The van der Waals surface area contributed by atoms with Crippen LogP contribution in [0.4, 0.5) is 0 Å². The van der Waals surface area contributed by atoms with E-state index in [2.05, 4.69) is 0 Å². The van der Waals surface area contributed by atoms with Crippen LogP contribution in [0, 0.1) is 0 Å². The molecule has 2 rings (SSSR count). The van der Waals surface area contributed by atoms with Gasteiger partial charge in [0, 0.05) is 30.1 Å². The minimum Gasteiger partial charge on any atom is -0.354 e. The van der Waals surface area contributed by atoms with E-state index in [0.717, 1.165) is 23.2 Å². The number of benzene rings is 1. The predicted octanol–water partition coefficient (Wildman–Crippen LogP) is 1.76. The molecule has 0 aliphatic rings. The minimum absolute atomic E-state index is 0.0597. The highest BCUT2D eigenvalue weighted by Gasteiger charge is 2.11. The lowest BCUT2D eigenvalue weighted by Crippen LogP contribution is -2.05. The molecule has 0 amide bonds. The Morgan fingerprint density at radius 3 is 2.59 bits per heavy atom. The molecule has 0 spiro atoms. The summed E-state index contributed by atoms with van der Waals surface area (Å²) in [5, 5.41) is 0. The molecule has 17 heavy (non-hydrogen) atoms. The fourth-order valence-electron chi connectivity index (χ4n) is 1.89. The number of nitrogens with zero attached hydrogens (tertiary/aromatic N) is 1. The van der Waals surface area contributed by atoms with Gasteiger partial charge in [0.25, 0.3) is 0 Å². The van der Waals surface area contributed by atoms with Gasteiger partial charge >= 0.3 is 0 Å². The maximum atomic E-state index is 12.2. The van der Waals surface area contributed by atoms with Gasteiger partial charge in [0.05, 0.1) is 0 Å². The molecule has 2 N–H and O–H groups in total. The molecule has 0 fully saturated rings. The molecule has 0 radical (unpaired) electrons. The Bertz CT molecular complexity index is 514. The van der Waals surface area contributed by atoms with Crippen molar-refractivity contribution in [3.8, 4) is 0 Å². The van der Waals surface area contributed by atoms with E-state index in [4.69, 9.17) is 5.73 Å². The monoisotopic (exact) mass is 228 g/mol. The van der Waals surface area contributed by atoms with Crippen LogP contribution in [0.25, 0.3) is 0 Å². The van der Waals surface area contributed by atoms with E-state index in [-0.39, 0.29) is 5.78 Å². The first kappa shape index (κ1) is 11.6. The van der Waals surface area contributed by atoms with Crippen LogP contribution in [0.1, 0.15) is 21.6 Å². The number of carbonyl (C=O) groups excluding carboxylic acids is 1. The molecule has 2 aromatic rings. The normalized spacial score (nSPS) is 10.5. The van der Waals surface area contributed by atoms with Crippen molar-refractivity contribution < 1.29 is 4.79 Å². The van der Waals surface area contributed by atoms with Gasteiger partial charge in [-0.3, -0.25) is 4.79 Å².